The van der Waals surface area contributed by atoms with Crippen LogP contribution in [0.4, 0.5) is 4.79 Å². The third-order valence-corrected chi connectivity index (χ3v) is 2.61. The highest BCUT2D eigenvalue weighted by atomic mass is 79.9. The van der Waals surface area contributed by atoms with Crippen LogP contribution in [0.25, 0.3) is 0 Å². The topological polar surface area (TPSA) is 40.6 Å². The molecule has 1 heterocycles. The van der Waals surface area contributed by atoms with Gasteiger partial charge in [0.1, 0.15) is 0 Å². The molecule has 6 heteroatoms. The Bertz CT molecular complexity index is 246. The first-order valence-electron chi connectivity index (χ1n) is 3.15. The standard InChI is InChI=1S/C6H6BrClN2O2/c1-2-3-9-4(7)5(11)10(8)6(9)12/h2,4H,1,3H2. The Labute approximate surface area is 83.0 Å². The Morgan fingerprint density at radius 2 is 2.25 bits per heavy atom. The van der Waals surface area contributed by atoms with E-state index >= 15 is 0 Å². The summed E-state index contributed by atoms with van der Waals surface area (Å²) in [7, 11) is 0. The minimum Gasteiger partial charge on any atom is -0.298 e. The van der Waals surface area contributed by atoms with Crippen molar-refractivity contribution in [3.05, 3.63) is 12.7 Å². The minimum atomic E-state index is -0.666. The van der Waals surface area contributed by atoms with E-state index in [9.17, 15) is 9.59 Å². The van der Waals surface area contributed by atoms with Gasteiger partial charge in [0, 0.05) is 18.3 Å². The number of nitrogens with zero attached hydrogens (tertiary/aromatic N) is 2. The normalized spacial score (nSPS) is 23.7. The highest BCUT2D eigenvalue weighted by molar-refractivity contribution is 9.10. The molecule has 0 aliphatic carbocycles. The molecule has 0 bridgehead atoms. The molecule has 0 aromatic heterocycles. The maximum absolute atomic E-state index is 11.1. The molecule has 1 saturated heterocycles. The van der Waals surface area contributed by atoms with Crippen LogP contribution in [0.3, 0.4) is 0 Å². The molecule has 0 aromatic carbocycles. The first-order chi connectivity index (χ1) is 5.59. The lowest BCUT2D eigenvalue weighted by Crippen LogP contribution is -2.30. The number of carbonyl (C=O) groups is 2. The number of rotatable bonds is 2. The largest absolute Gasteiger partial charge is 0.343 e. The third kappa shape index (κ3) is 1.34. The van der Waals surface area contributed by atoms with Crippen molar-refractivity contribution in [3.8, 4) is 0 Å². The number of imide groups is 1. The summed E-state index contributed by atoms with van der Waals surface area (Å²) in [6, 6.07) is -0.525. The second-order valence-electron chi connectivity index (χ2n) is 2.18. The lowest BCUT2D eigenvalue weighted by molar-refractivity contribution is -0.122. The van der Waals surface area contributed by atoms with Crippen molar-refractivity contribution in [2.24, 2.45) is 0 Å². The number of urea groups is 1. The van der Waals surface area contributed by atoms with Gasteiger partial charge in [0.15, 0.2) is 4.95 Å². The summed E-state index contributed by atoms with van der Waals surface area (Å²) in [4.78, 5) is 22.8. The molecule has 12 heavy (non-hydrogen) atoms. The van der Waals surface area contributed by atoms with Crippen molar-refractivity contribution < 1.29 is 9.59 Å². The van der Waals surface area contributed by atoms with E-state index in [0.29, 0.717) is 11.0 Å². The fourth-order valence-corrected chi connectivity index (χ4v) is 1.70. The van der Waals surface area contributed by atoms with E-state index in [1.807, 2.05) is 0 Å². The molecule has 0 saturated carbocycles. The second kappa shape index (κ2) is 3.45. The van der Waals surface area contributed by atoms with Crippen LogP contribution in [0.2, 0.25) is 0 Å². The summed E-state index contributed by atoms with van der Waals surface area (Å²) >= 11 is 8.40. The van der Waals surface area contributed by atoms with Crippen molar-refractivity contribution in [2.45, 2.75) is 4.95 Å². The summed E-state index contributed by atoms with van der Waals surface area (Å²) in [5.74, 6) is -0.469. The molecule has 1 unspecified atom stereocenters. The molecule has 0 radical (unpaired) electrons. The molecule has 3 amide bonds. The molecule has 66 valence electrons. The Balaban J connectivity index is 2.83. The highest BCUT2D eigenvalue weighted by Crippen LogP contribution is 2.23. The molecule has 0 N–H and O–H groups in total. The molecule has 1 fully saturated rings. The van der Waals surface area contributed by atoms with Gasteiger partial charge in [0.25, 0.3) is 5.91 Å². The van der Waals surface area contributed by atoms with Crippen LogP contribution in [-0.4, -0.2) is 32.8 Å². The zero-order valence-corrected chi connectivity index (χ0v) is 8.38. The van der Waals surface area contributed by atoms with E-state index in [0.717, 1.165) is 0 Å². The summed E-state index contributed by atoms with van der Waals surface area (Å²) in [6.07, 6.45) is 1.52. The first kappa shape index (κ1) is 9.54. The number of alkyl halides is 1. The maximum Gasteiger partial charge on any atom is 0.343 e. The molecule has 0 spiro atoms. The van der Waals surface area contributed by atoms with Gasteiger partial charge >= 0.3 is 6.03 Å². The van der Waals surface area contributed by atoms with E-state index in [2.05, 4.69) is 22.5 Å². The average Bonchev–Trinajstić information content (AvgIpc) is 2.23. The molecule has 1 aliphatic rings. The number of hydrogen-bond acceptors (Lipinski definition) is 2. The third-order valence-electron chi connectivity index (χ3n) is 1.41. The molecule has 1 aliphatic heterocycles. The van der Waals surface area contributed by atoms with Gasteiger partial charge in [-0.1, -0.05) is 22.0 Å². The van der Waals surface area contributed by atoms with Gasteiger partial charge in [0.05, 0.1) is 0 Å². The van der Waals surface area contributed by atoms with E-state index in [-0.39, 0.29) is 0 Å². The Kier molecular flexibility index (Phi) is 2.74. The van der Waals surface area contributed by atoms with Crippen molar-refractivity contribution in [3.63, 3.8) is 0 Å². The average molecular weight is 253 g/mol. The van der Waals surface area contributed by atoms with Crippen molar-refractivity contribution in [1.29, 1.82) is 0 Å². The highest BCUT2D eigenvalue weighted by Gasteiger charge is 2.42. The summed E-state index contributed by atoms with van der Waals surface area (Å²) in [6.45, 7) is 3.75. The fourth-order valence-electron chi connectivity index (χ4n) is 0.841. The Morgan fingerprint density at radius 3 is 2.58 bits per heavy atom. The van der Waals surface area contributed by atoms with Crippen LogP contribution in [0.1, 0.15) is 0 Å². The predicted molar refractivity (Wildman–Crippen MR) is 47.7 cm³/mol. The minimum absolute atomic E-state index is 0.295. The summed E-state index contributed by atoms with van der Waals surface area (Å²) in [5.41, 5.74) is 0. The van der Waals surface area contributed by atoms with Crippen molar-refractivity contribution >= 4 is 39.6 Å². The summed E-state index contributed by atoms with van der Waals surface area (Å²) < 4.78 is 0.558. The number of halogens is 2. The van der Waals surface area contributed by atoms with E-state index in [4.69, 9.17) is 11.8 Å². The molecule has 4 nitrogen and oxygen atoms in total. The molecule has 1 atom stereocenters. The van der Waals surface area contributed by atoms with Crippen LogP contribution in [-0.2, 0) is 4.79 Å². The van der Waals surface area contributed by atoms with Gasteiger partial charge in [-0.3, -0.25) is 9.69 Å². The Hall–Kier alpha value is -0.550. The van der Waals surface area contributed by atoms with Gasteiger partial charge in [-0.2, -0.15) is 4.42 Å². The smallest absolute Gasteiger partial charge is 0.298 e. The van der Waals surface area contributed by atoms with Gasteiger partial charge in [-0.05, 0) is 0 Å². The number of carbonyl (C=O) groups excluding carboxylic acids is 2. The number of hydrogen-bond donors (Lipinski definition) is 0. The van der Waals surface area contributed by atoms with Gasteiger partial charge < -0.3 is 0 Å². The molecular formula is C6H6BrClN2O2. The molecule has 1 rings (SSSR count). The predicted octanol–water partition coefficient (Wildman–Crippen LogP) is 1.31. The summed E-state index contributed by atoms with van der Waals surface area (Å²) in [5, 5.41) is 0. The SMILES string of the molecule is C=CCN1C(=O)N(Cl)C(=O)C1Br. The van der Waals surface area contributed by atoms with Gasteiger partial charge in [0.2, 0.25) is 0 Å². The van der Waals surface area contributed by atoms with Gasteiger partial charge in [-0.25, -0.2) is 4.79 Å². The van der Waals surface area contributed by atoms with Crippen LogP contribution < -0.4 is 0 Å². The van der Waals surface area contributed by atoms with Crippen LogP contribution in [0, 0.1) is 0 Å². The lowest BCUT2D eigenvalue weighted by atomic mass is 10.5. The molecular weight excluding hydrogens is 247 g/mol. The van der Waals surface area contributed by atoms with E-state index in [1.54, 1.807) is 0 Å². The van der Waals surface area contributed by atoms with E-state index in [1.165, 1.54) is 11.0 Å². The molecule has 0 aromatic rings. The van der Waals surface area contributed by atoms with Crippen LogP contribution in [0.5, 0.6) is 0 Å². The van der Waals surface area contributed by atoms with E-state index < -0.39 is 16.9 Å². The monoisotopic (exact) mass is 252 g/mol. The van der Waals surface area contributed by atoms with Gasteiger partial charge in [-0.15, -0.1) is 6.58 Å². The lowest BCUT2D eigenvalue weighted by Gasteiger charge is -2.13. The fraction of sp³-hybridized carbons (Fsp3) is 0.333. The second-order valence-corrected chi connectivity index (χ2v) is 3.38. The van der Waals surface area contributed by atoms with Crippen LogP contribution >= 0.6 is 27.7 Å². The maximum atomic E-state index is 11.1. The first-order valence-corrected chi connectivity index (χ1v) is 4.40. The van der Waals surface area contributed by atoms with Crippen LogP contribution in [0.15, 0.2) is 12.7 Å². The van der Waals surface area contributed by atoms with Crippen molar-refractivity contribution in [1.82, 2.24) is 9.32 Å². The quantitative estimate of drug-likeness (QED) is 0.245. The number of amides is 3. The Morgan fingerprint density at radius 1 is 1.67 bits per heavy atom. The zero-order valence-electron chi connectivity index (χ0n) is 6.04. The zero-order chi connectivity index (χ0) is 9.30. The van der Waals surface area contributed by atoms with Crippen molar-refractivity contribution in [2.75, 3.05) is 6.54 Å².